The van der Waals surface area contributed by atoms with Crippen molar-refractivity contribution in [3.63, 3.8) is 0 Å². The van der Waals surface area contributed by atoms with E-state index in [-0.39, 0.29) is 6.04 Å². The molecule has 0 aliphatic heterocycles. The average molecular weight is 203 g/mol. The van der Waals surface area contributed by atoms with Crippen molar-refractivity contribution in [3.8, 4) is 0 Å². The Kier molecular flexibility index (Phi) is 5.83. The summed E-state index contributed by atoms with van der Waals surface area (Å²) < 4.78 is 5.77. The predicted molar refractivity (Wildman–Crippen MR) is 59.2 cm³/mol. The average Bonchev–Trinajstić information content (AvgIpc) is 2.32. The summed E-state index contributed by atoms with van der Waals surface area (Å²) >= 11 is 1.83. The standard InChI is InChI=1S/C10H21NOS/c1-13-8-7-12-10-6-4-2-3-5-9(10)11/h9-10H,2-8,11H2,1H3. The van der Waals surface area contributed by atoms with E-state index in [0.717, 1.165) is 25.2 Å². The van der Waals surface area contributed by atoms with Gasteiger partial charge in [0.1, 0.15) is 0 Å². The Hall–Kier alpha value is 0.270. The van der Waals surface area contributed by atoms with Crippen LogP contribution in [0.15, 0.2) is 0 Å². The fourth-order valence-corrected chi connectivity index (χ4v) is 2.05. The van der Waals surface area contributed by atoms with Gasteiger partial charge >= 0.3 is 0 Å². The topological polar surface area (TPSA) is 35.2 Å². The summed E-state index contributed by atoms with van der Waals surface area (Å²) in [5, 5.41) is 0. The summed E-state index contributed by atoms with van der Waals surface area (Å²) in [5.74, 6) is 1.09. The second-order valence-corrected chi connectivity index (χ2v) is 4.69. The first kappa shape index (κ1) is 11.3. The third kappa shape index (κ3) is 4.34. The van der Waals surface area contributed by atoms with Crippen LogP contribution in [0.2, 0.25) is 0 Å². The van der Waals surface area contributed by atoms with Crippen LogP contribution in [0, 0.1) is 0 Å². The van der Waals surface area contributed by atoms with Crippen LogP contribution < -0.4 is 5.73 Å². The molecule has 13 heavy (non-hydrogen) atoms. The first-order chi connectivity index (χ1) is 6.34. The molecule has 0 aromatic rings. The zero-order chi connectivity index (χ0) is 9.52. The van der Waals surface area contributed by atoms with E-state index in [1.54, 1.807) is 0 Å². The van der Waals surface area contributed by atoms with E-state index in [0.29, 0.717) is 6.10 Å². The number of nitrogens with two attached hydrogens (primary N) is 1. The van der Waals surface area contributed by atoms with Gasteiger partial charge in [-0.05, 0) is 19.1 Å². The van der Waals surface area contributed by atoms with Gasteiger partial charge in [-0.1, -0.05) is 19.3 Å². The molecular weight excluding hydrogens is 182 g/mol. The van der Waals surface area contributed by atoms with Crippen LogP contribution in [-0.4, -0.2) is 30.8 Å². The Labute approximate surface area is 85.6 Å². The van der Waals surface area contributed by atoms with E-state index in [1.807, 2.05) is 11.8 Å². The summed E-state index contributed by atoms with van der Waals surface area (Å²) in [4.78, 5) is 0. The molecule has 2 unspecified atom stereocenters. The lowest BCUT2D eigenvalue weighted by Crippen LogP contribution is -2.36. The summed E-state index contributed by atoms with van der Waals surface area (Å²) in [6.45, 7) is 0.861. The Bertz CT molecular complexity index is 132. The van der Waals surface area contributed by atoms with Gasteiger partial charge in [-0.15, -0.1) is 0 Å². The summed E-state index contributed by atoms with van der Waals surface area (Å²) in [5.41, 5.74) is 6.03. The van der Waals surface area contributed by atoms with Crippen LogP contribution in [0.5, 0.6) is 0 Å². The first-order valence-corrected chi connectivity index (χ1v) is 6.60. The molecule has 1 rings (SSSR count). The van der Waals surface area contributed by atoms with Gasteiger partial charge in [-0.3, -0.25) is 0 Å². The summed E-state index contributed by atoms with van der Waals surface area (Å²) in [7, 11) is 0. The lowest BCUT2D eigenvalue weighted by Gasteiger charge is -2.21. The lowest BCUT2D eigenvalue weighted by molar-refractivity contribution is 0.0416. The van der Waals surface area contributed by atoms with Gasteiger partial charge in [0.05, 0.1) is 12.7 Å². The molecule has 0 saturated heterocycles. The van der Waals surface area contributed by atoms with Crippen LogP contribution >= 0.6 is 11.8 Å². The molecular formula is C10H21NOS. The minimum atomic E-state index is 0.282. The van der Waals surface area contributed by atoms with Gasteiger partial charge < -0.3 is 10.5 Å². The maximum absolute atomic E-state index is 6.03. The summed E-state index contributed by atoms with van der Waals surface area (Å²) in [6.07, 6.45) is 8.64. The number of hydrogen-bond donors (Lipinski definition) is 1. The highest BCUT2D eigenvalue weighted by molar-refractivity contribution is 7.98. The van der Waals surface area contributed by atoms with Crippen LogP contribution in [0.1, 0.15) is 32.1 Å². The molecule has 0 aromatic carbocycles. The molecule has 0 bridgehead atoms. The van der Waals surface area contributed by atoms with Crippen LogP contribution in [0.25, 0.3) is 0 Å². The maximum Gasteiger partial charge on any atom is 0.0726 e. The van der Waals surface area contributed by atoms with Gasteiger partial charge in [0.2, 0.25) is 0 Å². The smallest absolute Gasteiger partial charge is 0.0726 e. The first-order valence-electron chi connectivity index (χ1n) is 5.20. The van der Waals surface area contributed by atoms with E-state index in [9.17, 15) is 0 Å². The molecule has 1 saturated carbocycles. The van der Waals surface area contributed by atoms with Crippen molar-refractivity contribution < 1.29 is 4.74 Å². The number of hydrogen-bond acceptors (Lipinski definition) is 3. The molecule has 0 spiro atoms. The molecule has 0 radical (unpaired) electrons. The molecule has 1 aliphatic carbocycles. The zero-order valence-corrected chi connectivity index (χ0v) is 9.31. The fraction of sp³-hybridized carbons (Fsp3) is 1.00. The Morgan fingerprint density at radius 2 is 2.08 bits per heavy atom. The highest BCUT2D eigenvalue weighted by atomic mass is 32.2. The molecule has 1 fully saturated rings. The highest BCUT2D eigenvalue weighted by Crippen LogP contribution is 2.19. The lowest BCUT2D eigenvalue weighted by atomic mass is 10.1. The molecule has 0 aromatic heterocycles. The van der Waals surface area contributed by atoms with E-state index in [1.165, 1.54) is 19.3 Å². The van der Waals surface area contributed by atoms with Crippen molar-refractivity contribution in [2.75, 3.05) is 18.6 Å². The van der Waals surface area contributed by atoms with Crippen LogP contribution in [-0.2, 0) is 4.74 Å². The van der Waals surface area contributed by atoms with Crippen molar-refractivity contribution in [3.05, 3.63) is 0 Å². The molecule has 3 heteroatoms. The van der Waals surface area contributed by atoms with Crippen LogP contribution in [0.3, 0.4) is 0 Å². The molecule has 2 N–H and O–H groups in total. The fourth-order valence-electron chi connectivity index (χ4n) is 1.79. The largest absolute Gasteiger partial charge is 0.376 e. The maximum atomic E-state index is 6.03. The summed E-state index contributed by atoms with van der Waals surface area (Å²) in [6, 6.07) is 0.282. The van der Waals surface area contributed by atoms with Gasteiger partial charge in [-0.25, -0.2) is 0 Å². The molecule has 0 heterocycles. The molecule has 0 amide bonds. The highest BCUT2D eigenvalue weighted by Gasteiger charge is 2.20. The second-order valence-electron chi connectivity index (χ2n) is 3.70. The monoisotopic (exact) mass is 203 g/mol. The Morgan fingerprint density at radius 3 is 2.85 bits per heavy atom. The van der Waals surface area contributed by atoms with Crippen molar-refractivity contribution >= 4 is 11.8 Å². The van der Waals surface area contributed by atoms with Crippen molar-refractivity contribution in [2.45, 2.75) is 44.2 Å². The quantitative estimate of drug-likeness (QED) is 0.561. The van der Waals surface area contributed by atoms with Gasteiger partial charge in [0, 0.05) is 11.8 Å². The van der Waals surface area contributed by atoms with E-state index in [4.69, 9.17) is 10.5 Å². The number of thioether (sulfide) groups is 1. The SMILES string of the molecule is CSCCOC1CCCCCC1N. The van der Waals surface area contributed by atoms with Gasteiger partial charge in [-0.2, -0.15) is 11.8 Å². The molecule has 1 aliphatic rings. The normalized spacial score (nSPS) is 30.0. The number of ether oxygens (including phenoxy) is 1. The van der Waals surface area contributed by atoms with Crippen molar-refractivity contribution in [1.29, 1.82) is 0 Å². The molecule has 2 nitrogen and oxygen atoms in total. The minimum Gasteiger partial charge on any atom is -0.376 e. The van der Waals surface area contributed by atoms with Crippen LogP contribution in [0.4, 0.5) is 0 Å². The van der Waals surface area contributed by atoms with E-state index in [2.05, 4.69) is 6.26 Å². The Morgan fingerprint density at radius 1 is 1.31 bits per heavy atom. The number of rotatable bonds is 4. The third-order valence-electron chi connectivity index (χ3n) is 2.62. The minimum absolute atomic E-state index is 0.282. The van der Waals surface area contributed by atoms with Gasteiger partial charge in [0.15, 0.2) is 0 Å². The van der Waals surface area contributed by atoms with E-state index < -0.39 is 0 Å². The van der Waals surface area contributed by atoms with Gasteiger partial charge in [0.25, 0.3) is 0 Å². The predicted octanol–water partition coefficient (Wildman–Crippen LogP) is 2.03. The zero-order valence-electron chi connectivity index (χ0n) is 8.50. The van der Waals surface area contributed by atoms with Crippen molar-refractivity contribution in [1.82, 2.24) is 0 Å². The van der Waals surface area contributed by atoms with Crippen molar-refractivity contribution in [2.24, 2.45) is 5.73 Å². The molecule has 2 atom stereocenters. The Balaban J connectivity index is 2.19. The third-order valence-corrected chi connectivity index (χ3v) is 3.20. The molecule has 78 valence electrons. The second kappa shape index (κ2) is 6.68. The van der Waals surface area contributed by atoms with E-state index >= 15 is 0 Å².